The summed E-state index contributed by atoms with van der Waals surface area (Å²) in [7, 11) is 0. The maximum Gasteiger partial charge on any atom is 0.0981 e. The standard InChI is InChI=1S/C20H36O/c1-3-5-6-15-21-20-10-7-9-19(16-20)18-13-11-17(8-4-2)12-14-18/h6,15,17-20H,3-5,7-14,16H2,1-2H3/b15-6+. The highest BCUT2D eigenvalue weighted by molar-refractivity contribution is 4.84. The molecular weight excluding hydrogens is 256 g/mol. The van der Waals surface area contributed by atoms with Crippen LogP contribution in [-0.4, -0.2) is 6.10 Å². The van der Waals surface area contributed by atoms with Gasteiger partial charge in [-0.25, -0.2) is 0 Å². The first-order chi connectivity index (χ1) is 10.3. The SMILES string of the molecule is CCC/C=C/OC1CCCC(C2CCC(CCC)CC2)C1. The van der Waals surface area contributed by atoms with Crippen LogP contribution in [0, 0.1) is 17.8 Å². The van der Waals surface area contributed by atoms with Crippen molar-refractivity contribution in [3.05, 3.63) is 12.3 Å². The first-order valence-corrected chi connectivity index (χ1v) is 9.63. The molecule has 0 spiro atoms. The summed E-state index contributed by atoms with van der Waals surface area (Å²) in [5, 5.41) is 0. The monoisotopic (exact) mass is 292 g/mol. The Kier molecular flexibility index (Phi) is 7.68. The van der Waals surface area contributed by atoms with E-state index >= 15 is 0 Å². The maximum atomic E-state index is 5.99. The molecule has 0 saturated heterocycles. The lowest BCUT2D eigenvalue weighted by Crippen LogP contribution is -2.29. The number of rotatable bonds is 7. The topological polar surface area (TPSA) is 9.23 Å². The Morgan fingerprint density at radius 1 is 0.905 bits per heavy atom. The highest BCUT2D eigenvalue weighted by Crippen LogP contribution is 2.41. The van der Waals surface area contributed by atoms with Crippen LogP contribution < -0.4 is 0 Å². The van der Waals surface area contributed by atoms with Crippen molar-refractivity contribution in [2.75, 3.05) is 0 Å². The average molecular weight is 293 g/mol. The summed E-state index contributed by atoms with van der Waals surface area (Å²) < 4.78 is 5.99. The van der Waals surface area contributed by atoms with Crippen LogP contribution in [0.25, 0.3) is 0 Å². The Morgan fingerprint density at radius 2 is 1.71 bits per heavy atom. The zero-order valence-electron chi connectivity index (χ0n) is 14.4. The summed E-state index contributed by atoms with van der Waals surface area (Å²) >= 11 is 0. The molecule has 0 N–H and O–H groups in total. The Bertz CT molecular complexity index is 288. The molecule has 0 aromatic carbocycles. The minimum absolute atomic E-state index is 0.505. The summed E-state index contributed by atoms with van der Waals surface area (Å²) in [6.45, 7) is 4.55. The van der Waals surface area contributed by atoms with Crippen molar-refractivity contribution in [1.29, 1.82) is 0 Å². The Hall–Kier alpha value is -0.460. The smallest absolute Gasteiger partial charge is 0.0981 e. The Labute approximate surface area is 132 Å². The summed E-state index contributed by atoms with van der Waals surface area (Å²) in [5.41, 5.74) is 0. The number of hydrogen-bond donors (Lipinski definition) is 0. The Balaban J connectivity index is 1.71. The molecule has 0 amide bonds. The van der Waals surface area contributed by atoms with Crippen LogP contribution >= 0.6 is 0 Å². The lowest BCUT2D eigenvalue weighted by molar-refractivity contribution is 0.0511. The highest BCUT2D eigenvalue weighted by Gasteiger charge is 2.31. The molecule has 122 valence electrons. The normalized spacial score (nSPS) is 34.2. The van der Waals surface area contributed by atoms with Crippen molar-refractivity contribution in [2.24, 2.45) is 17.8 Å². The van der Waals surface area contributed by atoms with Crippen molar-refractivity contribution in [3.63, 3.8) is 0 Å². The summed E-state index contributed by atoms with van der Waals surface area (Å²) in [4.78, 5) is 0. The van der Waals surface area contributed by atoms with Crippen molar-refractivity contribution in [1.82, 2.24) is 0 Å². The van der Waals surface area contributed by atoms with E-state index in [0.29, 0.717) is 6.10 Å². The second-order valence-electron chi connectivity index (χ2n) is 7.41. The van der Waals surface area contributed by atoms with Gasteiger partial charge >= 0.3 is 0 Å². The van der Waals surface area contributed by atoms with E-state index in [1.54, 1.807) is 0 Å². The van der Waals surface area contributed by atoms with E-state index in [2.05, 4.69) is 19.9 Å². The largest absolute Gasteiger partial charge is 0.498 e. The van der Waals surface area contributed by atoms with Gasteiger partial charge in [-0.2, -0.15) is 0 Å². The minimum Gasteiger partial charge on any atom is -0.498 e. The van der Waals surface area contributed by atoms with Gasteiger partial charge in [0.2, 0.25) is 0 Å². The van der Waals surface area contributed by atoms with Crippen LogP contribution in [-0.2, 0) is 4.74 Å². The van der Waals surface area contributed by atoms with E-state index in [1.165, 1.54) is 70.6 Å². The molecule has 2 atom stereocenters. The van der Waals surface area contributed by atoms with Gasteiger partial charge < -0.3 is 4.74 Å². The van der Waals surface area contributed by atoms with Gasteiger partial charge in [-0.3, -0.25) is 0 Å². The fourth-order valence-electron chi connectivity index (χ4n) is 4.49. The number of allylic oxidation sites excluding steroid dienone is 1. The van der Waals surface area contributed by atoms with Gasteiger partial charge in [-0.05, 0) is 68.8 Å². The van der Waals surface area contributed by atoms with Gasteiger partial charge in [0.1, 0.15) is 0 Å². The zero-order valence-corrected chi connectivity index (χ0v) is 14.4. The number of ether oxygens (including phenoxy) is 1. The van der Waals surface area contributed by atoms with Gasteiger partial charge in [-0.15, -0.1) is 0 Å². The second-order valence-corrected chi connectivity index (χ2v) is 7.41. The highest BCUT2D eigenvalue weighted by atomic mass is 16.5. The van der Waals surface area contributed by atoms with E-state index in [4.69, 9.17) is 4.74 Å². The maximum absolute atomic E-state index is 5.99. The Morgan fingerprint density at radius 3 is 2.43 bits per heavy atom. The molecule has 2 aliphatic rings. The van der Waals surface area contributed by atoms with Crippen LogP contribution in [0.1, 0.15) is 90.9 Å². The van der Waals surface area contributed by atoms with E-state index < -0.39 is 0 Å². The molecule has 0 aromatic heterocycles. The van der Waals surface area contributed by atoms with Crippen molar-refractivity contribution in [3.8, 4) is 0 Å². The summed E-state index contributed by atoms with van der Waals surface area (Å²) in [5.74, 6) is 2.99. The van der Waals surface area contributed by atoms with Crippen molar-refractivity contribution < 1.29 is 4.74 Å². The molecule has 0 bridgehead atoms. The fourth-order valence-corrected chi connectivity index (χ4v) is 4.49. The third-order valence-electron chi connectivity index (χ3n) is 5.74. The molecule has 1 nitrogen and oxygen atoms in total. The van der Waals surface area contributed by atoms with Gasteiger partial charge in [0, 0.05) is 0 Å². The molecule has 0 heterocycles. The zero-order chi connectivity index (χ0) is 14.9. The third-order valence-corrected chi connectivity index (χ3v) is 5.74. The molecule has 0 aromatic rings. The molecule has 2 aliphatic carbocycles. The average Bonchev–Trinajstić information content (AvgIpc) is 2.53. The van der Waals surface area contributed by atoms with Crippen LogP contribution in [0.2, 0.25) is 0 Å². The first-order valence-electron chi connectivity index (χ1n) is 9.63. The lowest BCUT2D eigenvalue weighted by atomic mass is 9.70. The fraction of sp³-hybridized carbons (Fsp3) is 0.900. The van der Waals surface area contributed by atoms with Crippen LogP contribution in [0.5, 0.6) is 0 Å². The molecule has 2 saturated carbocycles. The lowest BCUT2D eigenvalue weighted by Gasteiger charge is -2.38. The molecule has 21 heavy (non-hydrogen) atoms. The quantitative estimate of drug-likeness (QED) is 0.488. The predicted octanol–water partition coefficient (Wildman–Crippen LogP) is 6.48. The van der Waals surface area contributed by atoms with Crippen molar-refractivity contribution in [2.45, 2.75) is 97.0 Å². The third kappa shape index (κ3) is 5.68. The van der Waals surface area contributed by atoms with Gasteiger partial charge in [-0.1, -0.05) is 46.0 Å². The molecule has 1 heteroatoms. The van der Waals surface area contributed by atoms with E-state index in [9.17, 15) is 0 Å². The van der Waals surface area contributed by atoms with E-state index in [-0.39, 0.29) is 0 Å². The minimum atomic E-state index is 0.505. The predicted molar refractivity (Wildman–Crippen MR) is 91.2 cm³/mol. The summed E-state index contributed by atoms with van der Waals surface area (Å²) in [6.07, 6.45) is 21.3. The second kappa shape index (κ2) is 9.54. The number of unbranched alkanes of at least 4 members (excludes halogenated alkanes) is 1. The van der Waals surface area contributed by atoms with E-state index in [0.717, 1.165) is 24.2 Å². The van der Waals surface area contributed by atoms with E-state index in [1.807, 2.05) is 6.26 Å². The van der Waals surface area contributed by atoms with Crippen molar-refractivity contribution >= 4 is 0 Å². The molecule has 0 radical (unpaired) electrons. The first kappa shape index (κ1) is 16.9. The molecule has 2 fully saturated rings. The van der Waals surface area contributed by atoms with Gasteiger partial charge in [0.15, 0.2) is 0 Å². The molecule has 0 aliphatic heterocycles. The van der Waals surface area contributed by atoms with Crippen LogP contribution in [0.4, 0.5) is 0 Å². The van der Waals surface area contributed by atoms with Gasteiger partial charge in [0.25, 0.3) is 0 Å². The van der Waals surface area contributed by atoms with Crippen LogP contribution in [0.15, 0.2) is 12.3 Å². The summed E-state index contributed by atoms with van der Waals surface area (Å²) in [6, 6.07) is 0. The molecule has 2 rings (SSSR count). The molecule has 2 unspecified atom stereocenters. The number of hydrogen-bond acceptors (Lipinski definition) is 1. The van der Waals surface area contributed by atoms with Crippen LogP contribution in [0.3, 0.4) is 0 Å². The molecular formula is C20H36O. The van der Waals surface area contributed by atoms with Gasteiger partial charge in [0.05, 0.1) is 12.4 Å².